The second-order valence-corrected chi connectivity index (χ2v) is 7.16. The molecule has 0 radical (unpaired) electrons. The van der Waals surface area contributed by atoms with Crippen LogP contribution in [0.25, 0.3) is 0 Å². The average Bonchev–Trinajstić information content (AvgIpc) is 2.67. The predicted molar refractivity (Wildman–Crippen MR) is 109 cm³/mol. The largest absolute Gasteiger partial charge is 0.352 e. The Morgan fingerprint density at radius 1 is 0.963 bits per heavy atom. The summed E-state index contributed by atoms with van der Waals surface area (Å²) in [5.41, 5.74) is 3.13. The molecule has 2 amide bonds. The van der Waals surface area contributed by atoms with Gasteiger partial charge in [-0.05, 0) is 38.3 Å². The van der Waals surface area contributed by atoms with Gasteiger partial charge in [0.25, 0.3) is 0 Å². The summed E-state index contributed by atoms with van der Waals surface area (Å²) in [6, 6.07) is 17.3. The first-order valence-electron chi connectivity index (χ1n) is 9.60. The Balaban J connectivity index is 2.18. The molecular weight excluding hydrogens is 336 g/mol. The molecule has 0 fully saturated rings. The number of hydrogen-bond donors (Lipinski definition) is 1. The predicted octanol–water partition coefficient (Wildman–Crippen LogP) is 3.87. The highest BCUT2D eigenvalue weighted by molar-refractivity contribution is 5.88. The monoisotopic (exact) mass is 366 g/mol. The van der Waals surface area contributed by atoms with Crippen LogP contribution in [0.2, 0.25) is 0 Å². The van der Waals surface area contributed by atoms with E-state index in [2.05, 4.69) is 5.32 Å². The van der Waals surface area contributed by atoms with Crippen molar-refractivity contribution in [1.29, 1.82) is 0 Å². The molecule has 0 heterocycles. The van der Waals surface area contributed by atoms with E-state index >= 15 is 0 Å². The first kappa shape index (κ1) is 20.7. The molecule has 0 saturated carbocycles. The maximum atomic E-state index is 13.0. The molecule has 27 heavy (non-hydrogen) atoms. The molecule has 2 atom stereocenters. The molecule has 0 spiro atoms. The molecular formula is C23H30N2O2. The molecule has 2 aromatic carbocycles. The number of nitrogens with one attached hydrogen (secondary N) is 1. The lowest BCUT2D eigenvalue weighted by Gasteiger charge is -2.29. The van der Waals surface area contributed by atoms with Gasteiger partial charge in [0.2, 0.25) is 11.8 Å². The van der Waals surface area contributed by atoms with Crippen molar-refractivity contribution in [3.8, 4) is 0 Å². The van der Waals surface area contributed by atoms with Gasteiger partial charge in [-0.2, -0.15) is 0 Å². The second kappa shape index (κ2) is 9.91. The second-order valence-electron chi connectivity index (χ2n) is 7.16. The number of hydrogen-bond acceptors (Lipinski definition) is 2. The molecule has 0 aromatic heterocycles. The summed E-state index contributed by atoms with van der Waals surface area (Å²) in [6.45, 7) is 8.24. The Bertz CT molecular complexity index is 741. The molecule has 2 unspecified atom stereocenters. The zero-order chi connectivity index (χ0) is 19.8. The molecule has 0 aliphatic heterocycles. The van der Waals surface area contributed by atoms with E-state index in [0.717, 1.165) is 23.1 Å². The van der Waals surface area contributed by atoms with Gasteiger partial charge in [-0.3, -0.25) is 9.59 Å². The molecule has 0 bridgehead atoms. The molecule has 2 aromatic rings. The molecule has 4 nitrogen and oxygen atoms in total. The van der Waals surface area contributed by atoms with Crippen molar-refractivity contribution in [3.63, 3.8) is 0 Å². The van der Waals surface area contributed by atoms with Crippen LogP contribution in [0.15, 0.2) is 54.6 Å². The normalized spacial score (nSPS) is 12.9. The van der Waals surface area contributed by atoms with Gasteiger partial charge in [0.15, 0.2) is 0 Å². The van der Waals surface area contributed by atoms with E-state index in [-0.39, 0.29) is 24.3 Å². The van der Waals surface area contributed by atoms with Gasteiger partial charge in [0.05, 0.1) is 6.42 Å². The standard InChI is InChI=1S/C23H30N2O2/c1-5-18(3)24-23(27)19(4)25(16-21-9-7-6-8-10-21)22(26)15-20-13-11-17(2)12-14-20/h6-14,18-19H,5,15-16H2,1-4H3,(H,24,27). The van der Waals surface area contributed by atoms with E-state index in [1.54, 1.807) is 11.8 Å². The zero-order valence-electron chi connectivity index (χ0n) is 16.7. The lowest BCUT2D eigenvalue weighted by atomic mass is 10.1. The van der Waals surface area contributed by atoms with Gasteiger partial charge in [0, 0.05) is 12.6 Å². The molecule has 1 N–H and O–H groups in total. The molecule has 0 saturated heterocycles. The minimum Gasteiger partial charge on any atom is -0.352 e. The topological polar surface area (TPSA) is 49.4 Å². The smallest absolute Gasteiger partial charge is 0.242 e. The quantitative estimate of drug-likeness (QED) is 0.771. The molecule has 2 rings (SSSR count). The lowest BCUT2D eigenvalue weighted by Crippen LogP contribution is -2.49. The van der Waals surface area contributed by atoms with E-state index in [0.29, 0.717) is 6.54 Å². The summed E-state index contributed by atoms with van der Waals surface area (Å²) in [6.07, 6.45) is 1.14. The maximum absolute atomic E-state index is 13.0. The van der Waals surface area contributed by atoms with Crippen molar-refractivity contribution >= 4 is 11.8 Å². The van der Waals surface area contributed by atoms with Crippen LogP contribution in [-0.2, 0) is 22.6 Å². The summed E-state index contributed by atoms with van der Waals surface area (Å²) in [5, 5.41) is 2.99. The third kappa shape index (κ3) is 6.24. The van der Waals surface area contributed by atoms with Crippen molar-refractivity contribution < 1.29 is 9.59 Å². The molecule has 0 aliphatic rings. The number of aryl methyl sites for hydroxylation is 1. The third-order valence-electron chi connectivity index (χ3n) is 4.84. The van der Waals surface area contributed by atoms with Gasteiger partial charge in [0.1, 0.15) is 6.04 Å². The molecule has 4 heteroatoms. The summed E-state index contributed by atoms with van der Waals surface area (Å²) in [7, 11) is 0. The van der Waals surface area contributed by atoms with E-state index < -0.39 is 6.04 Å². The minimum absolute atomic E-state index is 0.0468. The number of carbonyl (C=O) groups excluding carboxylic acids is 2. The summed E-state index contributed by atoms with van der Waals surface area (Å²) < 4.78 is 0. The van der Waals surface area contributed by atoms with Crippen LogP contribution in [0.5, 0.6) is 0 Å². The highest BCUT2D eigenvalue weighted by Gasteiger charge is 2.26. The zero-order valence-corrected chi connectivity index (χ0v) is 16.7. The number of benzene rings is 2. The van der Waals surface area contributed by atoms with E-state index in [9.17, 15) is 9.59 Å². The maximum Gasteiger partial charge on any atom is 0.242 e. The fourth-order valence-corrected chi connectivity index (χ4v) is 2.81. The first-order valence-corrected chi connectivity index (χ1v) is 9.60. The van der Waals surface area contributed by atoms with Crippen LogP contribution >= 0.6 is 0 Å². The van der Waals surface area contributed by atoms with Gasteiger partial charge in [-0.25, -0.2) is 0 Å². The fraction of sp³-hybridized carbons (Fsp3) is 0.391. The summed E-state index contributed by atoms with van der Waals surface area (Å²) in [5.74, 6) is -0.160. The highest BCUT2D eigenvalue weighted by Crippen LogP contribution is 2.13. The molecule has 144 valence electrons. The van der Waals surface area contributed by atoms with Crippen LogP contribution < -0.4 is 5.32 Å². The number of nitrogens with zero attached hydrogens (tertiary/aromatic N) is 1. The lowest BCUT2D eigenvalue weighted by molar-refractivity contribution is -0.140. The van der Waals surface area contributed by atoms with Gasteiger partial charge >= 0.3 is 0 Å². The van der Waals surface area contributed by atoms with E-state index in [1.807, 2.05) is 75.4 Å². The summed E-state index contributed by atoms with van der Waals surface area (Å²) >= 11 is 0. The fourth-order valence-electron chi connectivity index (χ4n) is 2.81. The van der Waals surface area contributed by atoms with Gasteiger partial charge in [-0.1, -0.05) is 67.1 Å². The van der Waals surface area contributed by atoms with Crippen LogP contribution in [-0.4, -0.2) is 28.8 Å². The van der Waals surface area contributed by atoms with Crippen molar-refractivity contribution in [2.75, 3.05) is 0 Å². The Morgan fingerprint density at radius 2 is 1.59 bits per heavy atom. The Hall–Kier alpha value is -2.62. The van der Waals surface area contributed by atoms with Crippen LogP contribution in [0.4, 0.5) is 0 Å². The van der Waals surface area contributed by atoms with Crippen LogP contribution in [0.3, 0.4) is 0 Å². The van der Waals surface area contributed by atoms with Crippen molar-refractivity contribution in [3.05, 3.63) is 71.3 Å². The van der Waals surface area contributed by atoms with Crippen molar-refractivity contribution in [2.45, 2.75) is 59.2 Å². The van der Waals surface area contributed by atoms with Crippen LogP contribution in [0, 0.1) is 6.92 Å². The van der Waals surface area contributed by atoms with Crippen molar-refractivity contribution in [2.24, 2.45) is 0 Å². The average molecular weight is 367 g/mol. The van der Waals surface area contributed by atoms with Gasteiger partial charge < -0.3 is 10.2 Å². The van der Waals surface area contributed by atoms with Gasteiger partial charge in [-0.15, -0.1) is 0 Å². The minimum atomic E-state index is -0.530. The third-order valence-corrected chi connectivity index (χ3v) is 4.84. The number of carbonyl (C=O) groups is 2. The summed E-state index contributed by atoms with van der Waals surface area (Å²) in [4.78, 5) is 27.4. The Kier molecular flexibility index (Phi) is 7.59. The van der Waals surface area contributed by atoms with Crippen LogP contribution in [0.1, 0.15) is 43.9 Å². The Morgan fingerprint density at radius 3 is 2.19 bits per heavy atom. The van der Waals surface area contributed by atoms with E-state index in [4.69, 9.17) is 0 Å². The number of rotatable bonds is 8. The SMILES string of the molecule is CCC(C)NC(=O)C(C)N(Cc1ccccc1)C(=O)Cc1ccc(C)cc1. The molecule has 0 aliphatic carbocycles. The first-order chi connectivity index (χ1) is 12.9. The van der Waals surface area contributed by atoms with Crippen molar-refractivity contribution in [1.82, 2.24) is 10.2 Å². The van der Waals surface area contributed by atoms with E-state index in [1.165, 1.54) is 0 Å². The highest BCUT2D eigenvalue weighted by atomic mass is 16.2. The Labute approximate surface area is 162 Å². The number of amides is 2.